The SMILES string of the molecule is CCc1cc(CC)c(F)c(N=c2ccc3ncc(-c4cnn(C)c4)nc3n2CC2CCC(=O)N2)c1F. The van der Waals surface area contributed by atoms with Gasteiger partial charge in [0, 0.05) is 37.8 Å². The van der Waals surface area contributed by atoms with Gasteiger partial charge in [0.25, 0.3) is 0 Å². The number of hydrogen-bond acceptors (Lipinski definition) is 5. The molecule has 36 heavy (non-hydrogen) atoms. The van der Waals surface area contributed by atoms with E-state index in [-0.39, 0.29) is 17.6 Å². The van der Waals surface area contributed by atoms with Crippen molar-refractivity contribution >= 4 is 22.8 Å². The van der Waals surface area contributed by atoms with Gasteiger partial charge in [0.2, 0.25) is 5.91 Å². The van der Waals surface area contributed by atoms with Crippen LogP contribution >= 0.6 is 0 Å². The molecule has 0 bridgehead atoms. The first-order valence-electron chi connectivity index (χ1n) is 12.1. The molecule has 10 heteroatoms. The number of benzene rings is 1. The number of aryl methyl sites for hydroxylation is 3. The van der Waals surface area contributed by atoms with Gasteiger partial charge < -0.3 is 9.88 Å². The lowest BCUT2D eigenvalue weighted by Gasteiger charge is -2.16. The average molecular weight is 492 g/mol. The molecule has 5 rings (SSSR count). The highest BCUT2D eigenvalue weighted by atomic mass is 19.1. The lowest BCUT2D eigenvalue weighted by atomic mass is 10.0. The molecular formula is C26H27F2N7O. The van der Waals surface area contributed by atoms with E-state index in [9.17, 15) is 4.79 Å². The summed E-state index contributed by atoms with van der Waals surface area (Å²) in [5.74, 6) is -1.35. The summed E-state index contributed by atoms with van der Waals surface area (Å²) in [7, 11) is 1.82. The fourth-order valence-corrected chi connectivity index (χ4v) is 4.53. The zero-order valence-electron chi connectivity index (χ0n) is 20.4. The molecule has 1 N–H and O–H groups in total. The summed E-state index contributed by atoms with van der Waals surface area (Å²) in [6.07, 6.45) is 7.11. The molecule has 4 heterocycles. The summed E-state index contributed by atoms with van der Waals surface area (Å²) in [5.41, 5.74) is 3.35. The van der Waals surface area contributed by atoms with E-state index < -0.39 is 11.6 Å². The smallest absolute Gasteiger partial charge is 0.220 e. The number of nitrogens with zero attached hydrogens (tertiary/aromatic N) is 6. The molecule has 3 aromatic heterocycles. The van der Waals surface area contributed by atoms with Crippen LogP contribution in [0.1, 0.15) is 37.8 Å². The molecule has 1 aliphatic rings. The van der Waals surface area contributed by atoms with Crippen LogP contribution in [0.15, 0.2) is 41.8 Å². The van der Waals surface area contributed by atoms with Gasteiger partial charge in [-0.25, -0.2) is 18.8 Å². The Morgan fingerprint density at radius 1 is 1.14 bits per heavy atom. The van der Waals surface area contributed by atoms with Gasteiger partial charge in [-0.05, 0) is 48.6 Å². The summed E-state index contributed by atoms with van der Waals surface area (Å²) in [4.78, 5) is 25.7. The molecule has 1 unspecified atom stereocenters. The molecule has 0 saturated carbocycles. The molecular weight excluding hydrogens is 464 g/mol. The van der Waals surface area contributed by atoms with Crippen molar-refractivity contribution in [3.8, 4) is 11.3 Å². The van der Waals surface area contributed by atoms with Crippen molar-refractivity contribution in [2.75, 3.05) is 0 Å². The van der Waals surface area contributed by atoms with Crippen LogP contribution in [0, 0.1) is 11.6 Å². The van der Waals surface area contributed by atoms with Crippen molar-refractivity contribution < 1.29 is 13.6 Å². The third-order valence-electron chi connectivity index (χ3n) is 6.51. The van der Waals surface area contributed by atoms with Crippen molar-refractivity contribution in [2.24, 2.45) is 12.0 Å². The molecule has 1 atom stereocenters. The number of amides is 1. The highest BCUT2D eigenvalue weighted by Gasteiger charge is 2.23. The first kappa shape index (κ1) is 23.8. The standard InChI is InChI=1S/C26H27F2N7O/c1-4-15-10-16(5-2)24(28)25(23(15)27)33-21-8-7-19-26(35(21)14-18-6-9-22(36)31-18)32-20(12-29-19)17-11-30-34(3)13-17/h7-8,10-13,18H,4-6,9,14H2,1-3H3,(H,31,36). The number of aromatic nitrogens is 5. The average Bonchev–Trinajstić information content (AvgIpc) is 3.50. The van der Waals surface area contributed by atoms with E-state index in [4.69, 9.17) is 4.98 Å². The molecule has 0 aliphatic carbocycles. The third-order valence-corrected chi connectivity index (χ3v) is 6.51. The summed E-state index contributed by atoms with van der Waals surface area (Å²) < 4.78 is 34.0. The number of carbonyl (C=O) groups excluding carboxylic acids is 1. The predicted octanol–water partition coefficient (Wildman–Crippen LogP) is 3.75. The number of carbonyl (C=O) groups is 1. The number of rotatable bonds is 6. The van der Waals surface area contributed by atoms with Gasteiger partial charge in [0.1, 0.15) is 16.7 Å². The molecule has 1 amide bonds. The summed E-state index contributed by atoms with van der Waals surface area (Å²) in [5, 5.41) is 7.16. The van der Waals surface area contributed by atoms with E-state index in [1.807, 2.05) is 27.1 Å². The topological polar surface area (TPSA) is 90.0 Å². The minimum absolute atomic E-state index is 0.0261. The fraction of sp³-hybridized carbons (Fsp3) is 0.346. The molecule has 0 radical (unpaired) electrons. The molecule has 1 aliphatic heterocycles. The zero-order valence-corrected chi connectivity index (χ0v) is 20.4. The zero-order chi connectivity index (χ0) is 25.4. The van der Waals surface area contributed by atoms with Gasteiger partial charge in [0.05, 0.1) is 18.1 Å². The summed E-state index contributed by atoms with van der Waals surface area (Å²) >= 11 is 0. The van der Waals surface area contributed by atoms with E-state index in [0.29, 0.717) is 65.7 Å². The van der Waals surface area contributed by atoms with E-state index >= 15 is 8.78 Å². The number of halogens is 2. The molecule has 186 valence electrons. The van der Waals surface area contributed by atoms with Crippen molar-refractivity contribution in [2.45, 2.75) is 52.1 Å². The van der Waals surface area contributed by atoms with Crippen LogP contribution < -0.4 is 10.8 Å². The van der Waals surface area contributed by atoms with Gasteiger partial charge in [-0.3, -0.25) is 14.5 Å². The maximum Gasteiger partial charge on any atom is 0.220 e. The quantitative estimate of drug-likeness (QED) is 0.445. The second kappa shape index (κ2) is 9.60. The predicted molar refractivity (Wildman–Crippen MR) is 131 cm³/mol. The van der Waals surface area contributed by atoms with Crippen LogP contribution in [0.25, 0.3) is 22.4 Å². The van der Waals surface area contributed by atoms with Crippen molar-refractivity contribution in [1.29, 1.82) is 0 Å². The van der Waals surface area contributed by atoms with Gasteiger partial charge in [-0.15, -0.1) is 0 Å². The maximum absolute atomic E-state index is 15.3. The van der Waals surface area contributed by atoms with Crippen LogP contribution in [0.4, 0.5) is 14.5 Å². The van der Waals surface area contributed by atoms with Gasteiger partial charge >= 0.3 is 0 Å². The van der Waals surface area contributed by atoms with Crippen LogP contribution in [-0.2, 0) is 31.2 Å². The number of pyridine rings is 1. The third kappa shape index (κ3) is 4.38. The Morgan fingerprint density at radius 3 is 2.50 bits per heavy atom. The Kier molecular flexibility index (Phi) is 6.34. The monoisotopic (exact) mass is 491 g/mol. The van der Waals surface area contributed by atoms with E-state index in [0.717, 1.165) is 5.56 Å². The van der Waals surface area contributed by atoms with E-state index in [1.54, 1.807) is 39.8 Å². The van der Waals surface area contributed by atoms with E-state index in [1.165, 1.54) is 0 Å². The second-order valence-electron chi connectivity index (χ2n) is 8.96. The minimum atomic E-state index is -0.664. The Labute approximate surface area is 206 Å². The fourth-order valence-electron chi connectivity index (χ4n) is 4.53. The number of hydrogen-bond donors (Lipinski definition) is 1. The Morgan fingerprint density at radius 2 is 1.89 bits per heavy atom. The molecule has 1 aromatic carbocycles. The largest absolute Gasteiger partial charge is 0.352 e. The number of nitrogens with one attached hydrogen (secondary N) is 1. The Balaban J connectivity index is 1.75. The minimum Gasteiger partial charge on any atom is -0.352 e. The first-order chi connectivity index (χ1) is 17.4. The van der Waals surface area contributed by atoms with Gasteiger partial charge in [0.15, 0.2) is 17.3 Å². The van der Waals surface area contributed by atoms with Crippen LogP contribution in [0.3, 0.4) is 0 Å². The normalized spacial score (nSPS) is 16.2. The van der Waals surface area contributed by atoms with Crippen molar-refractivity contribution in [1.82, 2.24) is 29.6 Å². The Bertz CT molecular complexity index is 1510. The van der Waals surface area contributed by atoms with Crippen LogP contribution in [0.5, 0.6) is 0 Å². The van der Waals surface area contributed by atoms with Crippen LogP contribution in [0.2, 0.25) is 0 Å². The van der Waals surface area contributed by atoms with E-state index in [2.05, 4.69) is 20.4 Å². The number of fused-ring (bicyclic) bond motifs is 1. The molecule has 1 fully saturated rings. The second-order valence-corrected chi connectivity index (χ2v) is 8.96. The van der Waals surface area contributed by atoms with Gasteiger partial charge in [-0.1, -0.05) is 13.8 Å². The lowest BCUT2D eigenvalue weighted by Crippen LogP contribution is -2.34. The van der Waals surface area contributed by atoms with Crippen molar-refractivity contribution in [3.63, 3.8) is 0 Å². The lowest BCUT2D eigenvalue weighted by molar-refractivity contribution is -0.119. The Hall–Kier alpha value is -3.95. The summed E-state index contributed by atoms with van der Waals surface area (Å²) in [6, 6.07) is 4.82. The first-order valence-corrected chi connectivity index (χ1v) is 12.1. The molecule has 4 aromatic rings. The molecule has 0 spiro atoms. The molecule has 1 saturated heterocycles. The maximum atomic E-state index is 15.3. The molecule has 8 nitrogen and oxygen atoms in total. The summed E-state index contributed by atoms with van der Waals surface area (Å²) in [6.45, 7) is 3.99. The highest BCUT2D eigenvalue weighted by molar-refractivity contribution is 5.78. The van der Waals surface area contributed by atoms with Crippen molar-refractivity contribution in [3.05, 3.63) is 65.0 Å². The van der Waals surface area contributed by atoms with Crippen LogP contribution in [-0.4, -0.2) is 36.3 Å². The van der Waals surface area contributed by atoms with Gasteiger partial charge in [-0.2, -0.15) is 5.10 Å². The highest BCUT2D eigenvalue weighted by Crippen LogP contribution is 2.29.